The van der Waals surface area contributed by atoms with Crippen LogP contribution in [0.3, 0.4) is 0 Å². The number of benzene rings is 2. The Morgan fingerprint density at radius 1 is 1.28 bits per heavy atom. The van der Waals surface area contributed by atoms with Crippen LogP contribution in [0.4, 0.5) is 0 Å². The van der Waals surface area contributed by atoms with Crippen LogP contribution in [0.25, 0.3) is 10.9 Å². The van der Waals surface area contributed by atoms with Gasteiger partial charge in [-0.3, -0.25) is 4.79 Å². The molecule has 6 nitrogen and oxygen atoms in total. The first-order valence-corrected chi connectivity index (χ1v) is 8.34. The monoisotopic (exact) mass is 422 g/mol. The van der Waals surface area contributed by atoms with Gasteiger partial charge in [-0.2, -0.15) is 0 Å². The molecule has 8 heteroatoms. The molecular weight excluding hydrogens is 412 g/mol. The molecule has 0 aliphatic heterocycles. The number of hydrogen-bond donors (Lipinski definition) is 1. The van der Waals surface area contributed by atoms with E-state index in [0.717, 1.165) is 0 Å². The van der Waals surface area contributed by atoms with Gasteiger partial charge in [0.05, 0.1) is 28.0 Å². The Hall–Kier alpha value is -2.38. The highest BCUT2D eigenvalue weighted by Gasteiger charge is 2.10. The van der Waals surface area contributed by atoms with Crippen LogP contribution in [-0.2, 0) is 11.3 Å². The van der Waals surface area contributed by atoms with Crippen LogP contribution < -0.4 is 10.3 Å². The summed E-state index contributed by atoms with van der Waals surface area (Å²) in [5, 5.41) is 0.955. The van der Waals surface area contributed by atoms with Gasteiger partial charge in [-0.15, -0.1) is 0 Å². The predicted molar refractivity (Wildman–Crippen MR) is 97.2 cm³/mol. The molecule has 0 aliphatic rings. The van der Waals surface area contributed by atoms with Crippen LogP contribution in [0.1, 0.15) is 16.2 Å². The smallest absolute Gasteiger partial charge is 0.337 e. The lowest BCUT2D eigenvalue weighted by Gasteiger charge is -2.09. The molecule has 0 unspecified atom stereocenters. The van der Waals surface area contributed by atoms with Crippen LogP contribution in [0.15, 0.2) is 45.7 Å². The number of hydrogen-bond acceptors (Lipinski definition) is 5. The lowest BCUT2D eigenvalue weighted by molar-refractivity contribution is 0.0601. The summed E-state index contributed by atoms with van der Waals surface area (Å²) in [6.07, 6.45) is 0. The third-order valence-corrected chi connectivity index (χ3v) is 4.29. The fourth-order valence-corrected chi connectivity index (χ4v) is 3.04. The molecule has 3 rings (SSSR count). The van der Waals surface area contributed by atoms with E-state index in [4.69, 9.17) is 16.3 Å². The number of fused-ring (bicyclic) bond motifs is 1. The maximum absolute atomic E-state index is 12.2. The minimum absolute atomic E-state index is 0.0495. The van der Waals surface area contributed by atoms with E-state index in [9.17, 15) is 9.59 Å². The predicted octanol–water partition coefficient (Wildman–Crippen LogP) is 3.70. The number of aromatic amines is 1. The summed E-state index contributed by atoms with van der Waals surface area (Å²) in [4.78, 5) is 30.8. The van der Waals surface area contributed by atoms with Gasteiger partial charge in [0, 0.05) is 5.02 Å². The van der Waals surface area contributed by atoms with Crippen molar-refractivity contribution in [2.45, 2.75) is 6.61 Å². The average molecular weight is 424 g/mol. The van der Waals surface area contributed by atoms with Crippen molar-refractivity contribution in [2.24, 2.45) is 0 Å². The summed E-state index contributed by atoms with van der Waals surface area (Å²) in [7, 11) is 1.29. The Labute approximate surface area is 155 Å². The molecule has 3 aromatic rings. The molecule has 0 aliphatic carbocycles. The number of methoxy groups -OCH3 is 1. The second-order valence-electron chi connectivity index (χ2n) is 5.10. The Morgan fingerprint density at radius 2 is 2.08 bits per heavy atom. The molecule has 0 atom stereocenters. The molecule has 128 valence electrons. The van der Waals surface area contributed by atoms with Gasteiger partial charge in [0.25, 0.3) is 5.56 Å². The largest absolute Gasteiger partial charge is 0.485 e. The number of H-pyrrole nitrogens is 1. The molecule has 0 amide bonds. The fraction of sp³-hybridized carbons (Fsp3) is 0.118. The van der Waals surface area contributed by atoms with Gasteiger partial charge in [-0.05, 0) is 52.3 Å². The van der Waals surface area contributed by atoms with Crippen molar-refractivity contribution in [3.05, 3.63) is 67.6 Å². The van der Waals surface area contributed by atoms with E-state index in [1.165, 1.54) is 25.3 Å². The van der Waals surface area contributed by atoms with E-state index in [2.05, 4.69) is 30.6 Å². The molecule has 0 fully saturated rings. The number of nitrogens with zero attached hydrogens (tertiary/aromatic N) is 1. The molecule has 0 bridgehead atoms. The summed E-state index contributed by atoms with van der Waals surface area (Å²) in [6, 6.07) is 9.68. The van der Waals surface area contributed by atoms with E-state index in [-0.39, 0.29) is 12.2 Å². The van der Waals surface area contributed by atoms with Gasteiger partial charge >= 0.3 is 5.97 Å². The van der Waals surface area contributed by atoms with Crippen LogP contribution in [-0.4, -0.2) is 23.0 Å². The van der Waals surface area contributed by atoms with E-state index >= 15 is 0 Å². The van der Waals surface area contributed by atoms with Crippen molar-refractivity contribution in [1.82, 2.24) is 9.97 Å². The molecule has 25 heavy (non-hydrogen) atoms. The van der Waals surface area contributed by atoms with E-state index in [1.54, 1.807) is 18.2 Å². The second kappa shape index (κ2) is 7.25. The lowest BCUT2D eigenvalue weighted by Crippen LogP contribution is -2.14. The van der Waals surface area contributed by atoms with E-state index < -0.39 is 5.97 Å². The molecule has 0 saturated carbocycles. The van der Waals surface area contributed by atoms with Gasteiger partial charge in [0.2, 0.25) is 0 Å². The molecule has 2 aromatic carbocycles. The zero-order chi connectivity index (χ0) is 18.0. The van der Waals surface area contributed by atoms with Crippen molar-refractivity contribution in [1.29, 1.82) is 0 Å². The van der Waals surface area contributed by atoms with Crippen molar-refractivity contribution in [3.63, 3.8) is 0 Å². The molecule has 1 aromatic heterocycles. The van der Waals surface area contributed by atoms with Gasteiger partial charge in [0.15, 0.2) is 0 Å². The number of carbonyl (C=O) groups excluding carboxylic acids is 1. The minimum atomic E-state index is -0.494. The van der Waals surface area contributed by atoms with Crippen LogP contribution in [0.2, 0.25) is 5.02 Å². The minimum Gasteiger partial charge on any atom is -0.485 e. The standard InChI is InChI=1S/C17H12BrClN2O4/c1-24-17(23)9-2-4-11-13(6-9)20-15(21-16(11)22)8-25-14-5-3-10(19)7-12(14)18/h2-7H,8H2,1H3,(H,20,21,22). The zero-order valence-electron chi connectivity index (χ0n) is 13.0. The van der Waals surface area contributed by atoms with Gasteiger partial charge in [-0.1, -0.05) is 11.6 Å². The van der Waals surface area contributed by atoms with Crippen molar-refractivity contribution in [2.75, 3.05) is 7.11 Å². The summed E-state index contributed by atoms with van der Waals surface area (Å²) in [5.41, 5.74) is 0.399. The Bertz CT molecular complexity index is 1020. The summed E-state index contributed by atoms with van der Waals surface area (Å²) >= 11 is 9.24. The first-order chi connectivity index (χ1) is 12.0. The Kier molecular flexibility index (Phi) is 5.06. The van der Waals surface area contributed by atoms with Crippen molar-refractivity contribution < 1.29 is 14.3 Å². The molecule has 1 N–H and O–H groups in total. The SMILES string of the molecule is COC(=O)c1ccc2c(=O)[nH]c(COc3ccc(Cl)cc3Br)nc2c1. The molecule has 1 heterocycles. The molecule has 0 spiro atoms. The molecule has 0 saturated heterocycles. The summed E-state index contributed by atoms with van der Waals surface area (Å²) in [6.45, 7) is 0.0495. The van der Waals surface area contributed by atoms with Crippen molar-refractivity contribution in [3.8, 4) is 5.75 Å². The van der Waals surface area contributed by atoms with Crippen LogP contribution in [0.5, 0.6) is 5.75 Å². The van der Waals surface area contributed by atoms with Gasteiger partial charge < -0.3 is 14.5 Å². The number of rotatable bonds is 4. The van der Waals surface area contributed by atoms with Crippen LogP contribution in [0, 0.1) is 0 Å². The second-order valence-corrected chi connectivity index (χ2v) is 6.39. The molecule has 0 radical (unpaired) electrons. The number of ether oxygens (including phenoxy) is 2. The number of halogens is 2. The molecular formula is C17H12BrClN2O4. The van der Waals surface area contributed by atoms with E-state index in [1.807, 2.05) is 0 Å². The highest BCUT2D eigenvalue weighted by Crippen LogP contribution is 2.28. The fourth-order valence-electron chi connectivity index (χ4n) is 2.24. The summed E-state index contributed by atoms with van der Waals surface area (Å²) < 4.78 is 11.0. The Morgan fingerprint density at radius 3 is 2.80 bits per heavy atom. The maximum atomic E-state index is 12.2. The topological polar surface area (TPSA) is 81.3 Å². The first kappa shape index (κ1) is 17.4. The average Bonchev–Trinajstić information content (AvgIpc) is 2.59. The number of carbonyl (C=O) groups is 1. The number of aromatic nitrogens is 2. The quantitative estimate of drug-likeness (QED) is 0.647. The highest BCUT2D eigenvalue weighted by molar-refractivity contribution is 9.10. The Balaban J connectivity index is 1.91. The van der Waals surface area contributed by atoms with Gasteiger partial charge in [0.1, 0.15) is 18.2 Å². The van der Waals surface area contributed by atoms with Crippen molar-refractivity contribution >= 4 is 44.4 Å². The number of esters is 1. The van der Waals surface area contributed by atoms with E-state index in [0.29, 0.717) is 37.5 Å². The third-order valence-electron chi connectivity index (χ3n) is 3.44. The lowest BCUT2D eigenvalue weighted by atomic mass is 10.1. The highest BCUT2D eigenvalue weighted by atomic mass is 79.9. The maximum Gasteiger partial charge on any atom is 0.337 e. The summed E-state index contributed by atoms with van der Waals surface area (Å²) in [5.74, 6) is 0.406. The van der Waals surface area contributed by atoms with Crippen LogP contribution >= 0.6 is 27.5 Å². The zero-order valence-corrected chi connectivity index (χ0v) is 15.3. The first-order valence-electron chi connectivity index (χ1n) is 7.17. The van der Waals surface area contributed by atoms with Gasteiger partial charge in [-0.25, -0.2) is 9.78 Å². The normalized spacial score (nSPS) is 10.7. The number of nitrogens with one attached hydrogen (secondary N) is 1. The third kappa shape index (κ3) is 3.83.